The van der Waals surface area contributed by atoms with Crippen molar-refractivity contribution in [3.05, 3.63) is 23.8 Å². The van der Waals surface area contributed by atoms with Gasteiger partial charge in [-0.1, -0.05) is 13.8 Å². The number of carbonyl (C=O) groups is 1. The van der Waals surface area contributed by atoms with E-state index in [1.807, 2.05) is 6.92 Å². The molecule has 0 fully saturated rings. The van der Waals surface area contributed by atoms with E-state index in [1.54, 1.807) is 18.2 Å². The maximum Gasteiger partial charge on any atom is 0.341 e. The molecule has 0 aliphatic rings. The molecule has 0 radical (unpaired) electrons. The number of nitrogens with two attached hydrogens (primary N) is 1. The van der Waals surface area contributed by atoms with Crippen molar-refractivity contribution in [3.8, 4) is 5.75 Å². The molecule has 0 heterocycles. The molecule has 5 nitrogen and oxygen atoms in total. The molecule has 120 valence electrons. The first kappa shape index (κ1) is 19.5. The second-order valence-corrected chi connectivity index (χ2v) is 4.35. The summed E-state index contributed by atoms with van der Waals surface area (Å²) in [4.78, 5) is 14.2. The van der Waals surface area contributed by atoms with Gasteiger partial charge in [0.05, 0.1) is 6.61 Å². The van der Waals surface area contributed by atoms with Crippen LogP contribution in [0.4, 0.5) is 5.69 Å². The molecule has 0 unspecified atom stereocenters. The molecule has 0 aromatic heterocycles. The fraction of sp³-hybridized carbons (Fsp3) is 0.533. The Kier molecular flexibility index (Phi) is 9.58. The first-order chi connectivity index (χ1) is 9.62. The summed E-state index contributed by atoms with van der Waals surface area (Å²) in [6.07, 6.45) is 0. The van der Waals surface area contributed by atoms with Crippen LogP contribution in [-0.4, -0.2) is 43.7 Å². The number of ether oxygens (including phenoxy) is 2. The Morgan fingerprint density at radius 1 is 1.24 bits per heavy atom. The lowest BCUT2D eigenvalue weighted by Gasteiger charge is -2.18. The number of nitrogens with zero attached hydrogens (tertiary/aromatic N) is 1. The summed E-state index contributed by atoms with van der Waals surface area (Å²) in [5.41, 5.74) is 6.68. The summed E-state index contributed by atoms with van der Waals surface area (Å²) >= 11 is 0. The van der Waals surface area contributed by atoms with Crippen LogP contribution in [-0.2, 0) is 4.74 Å². The van der Waals surface area contributed by atoms with E-state index in [0.29, 0.717) is 30.2 Å². The first-order valence-electron chi connectivity index (χ1n) is 7.04. The lowest BCUT2D eigenvalue weighted by atomic mass is 10.2. The van der Waals surface area contributed by atoms with Crippen LogP contribution in [0, 0.1) is 0 Å². The van der Waals surface area contributed by atoms with Crippen molar-refractivity contribution in [2.45, 2.75) is 20.8 Å². The SMILES string of the molecule is CCOc1cc(N)ccc1C(=O)OCCN(CC)CC.Cl. The molecule has 0 saturated carbocycles. The van der Waals surface area contributed by atoms with Gasteiger partial charge in [-0.25, -0.2) is 4.79 Å². The van der Waals surface area contributed by atoms with Gasteiger partial charge in [0.25, 0.3) is 0 Å². The number of rotatable bonds is 8. The average molecular weight is 317 g/mol. The van der Waals surface area contributed by atoms with E-state index in [-0.39, 0.29) is 18.4 Å². The average Bonchev–Trinajstić information content (AvgIpc) is 2.44. The predicted molar refractivity (Wildman–Crippen MR) is 87.3 cm³/mol. The topological polar surface area (TPSA) is 64.8 Å². The highest BCUT2D eigenvalue weighted by Gasteiger charge is 2.14. The molecule has 0 saturated heterocycles. The van der Waals surface area contributed by atoms with Crippen molar-refractivity contribution in [1.29, 1.82) is 0 Å². The van der Waals surface area contributed by atoms with E-state index in [0.717, 1.165) is 19.6 Å². The number of esters is 1. The van der Waals surface area contributed by atoms with Crippen LogP contribution in [0.3, 0.4) is 0 Å². The maximum absolute atomic E-state index is 12.0. The summed E-state index contributed by atoms with van der Waals surface area (Å²) in [5.74, 6) is 0.0981. The monoisotopic (exact) mass is 316 g/mol. The first-order valence-corrected chi connectivity index (χ1v) is 7.04. The van der Waals surface area contributed by atoms with E-state index in [2.05, 4.69) is 18.7 Å². The third-order valence-electron chi connectivity index (χ3n) is 3.06. The maximum atomic E-state index is 12.0. The van der Waals surface area contributed by atoms with E-state index in [9.17, 15) is 4.79 Å². The summed E-state index contributed by atoms with van der Waals surface area (Å²) in [6, 6.07) is 4.95. The molecule has 21 heavy (non-hydrogen) atoms. The number of hydrogen-bond acceptors (Lipinski definition) is 5. The largest absolute Gasteiger partial charge is 0.493 e. The summed E-state index contributed by atoms with van der Waals surface area (Å²) in [5, 5.41) is 0. The number of carbonyl (C=O) groups excluding carboxylic acids is 1. The zero-order valence-corrected chi connectivity index (χ0v) is 13.7. The zero-order valence-electron chi connectivity index (χ0n) is 12.9. The molecule has 0 amide bonds. The second kappa shape index (κ2) is 10.3. The van der Waals surface area contributed by atoms with Crippen molar-refractivity contribution in [3.63, 3.8) is 0 Å². The van der Waals surface area contributed by atoms with Gasteiger partial charge in [-0.15, -0.1) is 12.4 Å². The number of benzene rings is 1. The standard InChI is InChI=1S/C15H24N2O3.ClH/c1-4-17(5-2)9-10-20-15(18)13-8-7-12(16)11-14(13)19-6-3;/h7-8,11H,4-6,9-10,16H2,1-3H3;1H. The van der Waals surface area contributed by atoms with E-state index in [1.165, 1.54) is 0 Å². The van der Waals surface area contributed by atoms with E-state index in [4.69, 9.17) is 15.2 Å². The normalized spacial score (nSPS) is 10.1. The smallest absolute Gasteiger partial charge is 0.341 e. The highest BCUT2D eigenvalue weighted by Crippen LogP contribution is 2.22. The van der Waals surface area contributed by atoms with Gasteiger partial charge in [0.2, 0.25) is 0 Å². The van der Waals surface area contributed by atoms with Crippen LogP contribution in [0.5, 0.6) is 5.75 Å². The van der Waals surface area contributed by atoms with Crippen molar-refractivity contribution < 1.29 is 14.3 Å². The van der Waals surface area contributed by atoms with Gasteiger partial charge in [-0.3, -0.25) is 0 Å². The highest BCUT2D eigenvalue weighted by molar-refractivity contribution is 5.93. The molecule has 1 rings (SSSR count). The predicted octanol–water partition coefficient (Wildman–Crippen LogP) is 2.59. The molecular formula is C15H25ClN2O3. The fourth-order valence-corrected chi connectivity index (χ4v) is 1.87. The summed E-state index contributed by atoms with van der Waals surface area (Å²) < 4.78 is 10.7. The Balaban J connectivity index is 0.00000400. The van der Waals surface area contributed by atoms with Gasteiger partial charge < -0.3 is 20.1 Å². The molecule has 0 spiro atoms. The van der Waals surface area contributed by atoms with Crippen LogP contribution < -0.4 is 10.5 Å². The third-order valence-corrected chi connectivity index (χ3v) is 3.06. The molecule has 0 aliphatic carbocycles. The van der Waals surface area contributed by atoms with Gasteiger partial charge in [-0.2, -0.15) is 0 Å². The van der Waals surface area contributed by atoms with Gasteiger partial charge in [-0.05, 0) is 32.1 Å². The summed E-state index contributed by atoms with van der Waals surface area (Å²) in [7, 11) is 0. The van der Waals surface area contributed by atoms with Crippen LogP contribution in [0.1, 0.15) is 31.1 Å². The second-order valence-electron chi connectivity index (χ2n) is 4.35. The minimum atomic E-state index is -0.374. The molecule has 0 aliphatic heterocycles. The summed E-state index contributed by atoms with van der Waals surface area (Å²) in [6.45, 7) is 9.49. The quantitative estimate of drug-likeness (QED) is 0.590. The molecule has 2 N–H and O–H groups in total. The minimum absolute atomic E-state index is 0. The van der Waals surface area contributed by atoms with Gasteiger partial charge in [0.1, 0.15) is 17.9 Å². The van der Waals surface area contributed by atoms with E-state index < -0.39 is 0 Å². The number of halogens is 1. The van der Waals surface area contributed by atoms with Crippen molar-refractivity contribution in [1.82, 2.24) is 4.90 Å². The van der Waals surface area contributed by atoms with Gasteiger partial charge in [0, 0.05) is 18.3 Å². The molecular weight excluding hydrogens is 292 g/mol. The highest BCUT2D eigenvalue weighted by atomic mass is 35.5. The number of anilines is 1. The zero-order chi connectivity index (χ0) is 15.0. The van der Waals surface area contributed by atoms with Crippen molar-refractivity contribution >= 4 is 24.1 Å². The lowest BCUT2D eigenvalue weighted by Crippen LogP contribution is -2.28. The Bertz CT molecular complexity index is 437. The van der Waals surface area contributed by atoms with Gasteiger partial charge in [0.15, 0.2) is 0 Å². The number of hydrogen-bond donors (Lipinski definition) is 1. The molecule has 0 bridgehead atoms. The molecule has 1 aromatic rings. The van der Waals surface area contributed by atoms with Crippen LogP contribution >= 0.6 is 12.4 Å². The van der Waals surface area contributed by atoms with Crippen molar-refractivity contribution in [2.24, 2.45) is 0 Å². The Hall–Kier alpha value is -1.46. The van der Waals surface area contributed by atoms with Crippen LogP contribution in [0.2, 0.25) is 0 Å². The minimum Gasteiger partial charge on any atom is -0.493 e. The molecule has 0 atom stereocenters. The molecule has 6 heteroatoms. The van der Waals surface area contributed by atoms with Crippen molar-refractivity contribution in [2.75, 3.05) is 38.6 Å². The van der Waals surface area contributed by atoms with Crippen LogP contribution in [0.15, 0.2) is 18.2 Å². The number of nitrogen functional groups attached to an aromatic ring is 1. The van der Waals surface area contributed by atoms with Crippen LogP contribution in [0.25, 0.3) is 0 Å². The Morgan fingerprint density at radius 2 is 1.90 bits per heavy atom. The Labute approximate surface area is 132 Å². The molecule has 1 aromatic carbocycles. The lowest BCUT2D eigenvalue weighted by molar-refractivity contribution is 0.0462. The number of likely N-dealkylation sites (N-methyl/N-ethyl adjacent to an activating group) is 1. The van der Waals surface area contributed by atoms with Gasteiger partial charge >= 0.3 is 5.97 Å². The Morgan fingerprint density at radius 3 is 2.48 bits per heavy atom. The van der Waals surface area contributed by atoms with E-state index >= 15 is 0 Å². The fourth-order valence-electron chi connectivity index (χ4n) is 1.87. The third kappa shape index (κ3) is 6.23.